The van der Waals surface area contributed by atoms with Crippen molar-refractivity contribution in [3.05, 3.63) is 0 Å². The smallest absolute Gasteiger partial charge is 0.406 e. The Morgan fingerprint density at radius 2 is 1.72 bits per heavy atom. The molecule has 0 aliphatic carbocycles. The zero-order chi connectivity index (χ0) is 14.7. The topological polar surface area (TPSA) is 83.6 Å². The highest BCUT2D eigenvalue weighted by atomic mass is 19.4. The fourth-order valence-electron chi connectivity index (χ4n) is 1.16. The second kappa shape index (κ2) is 5.55. The zero-order valence-electron chi connectivity index (χ0n) is 10.4. The lowest BCUT2D eigenvalue weighted by Gasteiger charge is -2.31. The molecule has 5 nitrogen and oxygen atoms in total. The van der Waals surface area contributed by atoms with Gasteiger partial charge in [0.1, 0.15) is 13.1 Å². The van der Waals surface area contributed by atoms with Gasteiger partial charge in [-0.1, -0.05) is 20.8 Å². The van der Waals surface area contributed by atoms with Crippen LogP contribution in [0.2, 0.25) is 0 Å². The number of amides is 1. The molecule has 0 rings (SSSR count). The zero-order valence-corrected chi connectivity index (χ0v) is 10.4. The number of aliphatic carboxylic acids is 1. The number of hydrogen-bond donors (Lipinski definition) is 2. The van der Waals surface area contributed by atoms with Crippen molar-refractivity contribution in [1.82, 2.24) is 4.90 Å². The Bertz CT molecular complexity index is 323. The summed E-state index contributed by atoms with van der Waals surface area (Å²) in [5.74, 6) is -2.55. The number of carbonyl (C=O) groups is 2. The van der Waals surface area contributed by atoms with Gasteiger partial charge in [-0.05, 0) is 5.41 Å². The maximum atomic E-state index is 12.2. The third kappa shape index (κ3) is 5.85. The Kier molecular flexibility index (Phi) is 5.15. The summed E-state index contributed by atoms with van der Waals surface area (Å²) >= 11 is 0. The summed E-state index contributed by atoms with van der Waals surface area (Å²) in [5.41, 5.74) is 4.79. The second-order valence-corrected chi connectivity index (χ2v) is 5.05. The van der Waals surface area contributed by atoms with E-state index in [1.165, 1.54) is 0 Å². The van der Waals surface area contributed by atoms with Crippen molar-refractivity contribution in [2.75, 3.05) is 13.1 Å². The average Bonchev–Trinajstić information content (AvgIpc) is 2.09. The first kappa shape index (κ1) is 16.7. The van der Waals surface area contributed by atoms with Gasteiger partial charge in [0.2, 0.25) is 5.91 Å². The Hall–Kier alpha value is -1.31. The van der Waals surface area contributed by atoms with Crippen LogP contribution < -0.4 is 5.73 Å². The van der Waals surface area contributed by atoms with E-state index in [4.69, 9.17) is 10.8 Å². The molecule has 0 bridgehead atoms. The Balaban J connectivity index is 4.97. The molecule has 0 aliphatic rings. The molecule has 106 valence electrons. The molecule has 0 radical (unpaired) electrons. The molecule has 0 aliphatic heterocycles. The molecule has 18 heavy (non-hydrogen) atoms. The third-order valence-corrected chi connectivity index (χ3v) is 2.21. The van der Waals surface area contributed by atoms with Gasteiger partial charge in [-0.3, -0.25) is 9.59 Å². The molecule has 1 unspecified atom stereocenters. The number of nitrogens with two attached hydrogens (primary N) is 1. The molecule has 0 heterocycles. The van der Waals surface area contributed by atoms with E-state index in [2.05, 4.69) is 0 Å². The summed E-state index contributed by atoms with van der Waals surface area (Å²) in [6, 6.07) is -1.20. The highest BCUT2D eigenvalue weighted by Gasteiger charge is 2.38. The van der Waals surface area contributed by atoms with Gasteiger partial charge >= 0.3 is 12.1 Å². The number of carboxylic acid groups (broad SMARTS) is 1. The standard InChI is InChI=1S/C10H17F3N2O3/c1-9(2,3)7(14)8(18)15(4-6(16)17)5-10(11,12)13/h7H,4-5,14H2,1-3H3,(H,16,17). The van der Waals surface area contributed by atoms with Gasteiger partial charge in [0.15, 0.2) is 0 Å². The van der Waals surface area contributed by atoms with E-state index in [1.54, 1.807) is 20.8 Å². The van der Waals surface area contributed by atoms with Crippen LogP contribution in [0.1, 0.15) is 20.8 Å². The van der Waals surface area contributed by atoms with Crippen molar-refractivity contribution in [3.63, 3.8) is 0 Å². The van der Waals surface area contributed by atoms with Gasteiger partial charge in [-0.25, -0.2) is 0 Å². The minimum atomic E-state index is -4.66. The minimum Gasteiger partial charge on any atom is -0.480 e. The predicted octanol–water partition coefficient (Wildman–Crippen LogP) is 0.835. The van der Waals surface area contributed by atoms with Crippen LogP contribution in [0, 0.1) is 5.41 Å². The van der Waals surface area contributed by atoms with Crippen LogP contribution >= 0.6 is 0 Å². The van der Waals surface area contributed by atoms with Crippen LogP contribution in [-0.4, -0.2) is 47.2 Å². The van der Waals surface area contributed by atoms with Crippen LogP contribution in [0.5, 0.6) is 0 Å². The first-order valence-corrected chi connectivity index (χ1v) is 5.17. The van der Waals surface area contributed by atoms with Crippen molar-refractivity contribution in [2.24, 2.45) is 11.1 Å². The SMILES string of the molecule is CC(C)(C)C(N)C(=O)N(CC(=O)O)CC(F)(F)F. The number of carboxylic acids is 1. The van der Waals surface area contributed by atoms with Gasteiger partial charge in [0.25, 0.3) is 0 Å². The van der Waals surface area contributed by atoms with Gasteiger partial charge < -0.3 is 15.7 Å². The van der Waals surface area contributed by atoms with E-state index < -0.39 is 42.6 Å². The molecule has 1 amide bonds. The van der Waals surface area contributed by atoms with Gasteiger partial charge in [0.05, 0.1) is 6.04 Å². The van der Waals surface area contributed by atoms with E-state index in [1.807, 2.05) is 0 Å². The second-order valence-electron chi connectivity index (χ2n) is 5.05. The molecule has 0 spiro atoms. The van der Waals surface area contributed by atoms with Gasteiger partial charge in [-0.2, -0.15) is 13.2 Å². The summed E-state index contributed by atoms with van der Waals surface area (Å²) in [5, 5.41) is 8.51. The maximum absolute atomic E-state index is 12.2. The van der Waals surface area contributed by atoms with Crippen LogP contribution in [-0.2, 0) is 9.59 Å². The summed E-state index contributed by atoms with van der Waals surface area (Å²) in [7, 11) is 0. The van der Waals surface area contributed by atoms with Crippen LogP contribution in [0.15, 0.2) is 0 Å². The van der Waals surface area contributed by atoms with E-state index >= 15 is 0 Å². The van der Waals surface area contributed by atoms with Crippen LogP contribution in [0.3, 0.4) is 0 Å². The first-order chi connectivity index (χ1) is 7.84. The lowest BCUT2D eigenvalue weighted by atomic mass is 9.86. The molecule has 0 aromatic heterocycles. The molecule has 0 aromatic carbocycles. The van der Waals surface area contributed by atoms with Gasteiger partial charge in [0, 0.05) is 0 Å². The van der Waals surface area contributed by atoms with E-state index in [9.17, 15) is 22.8 Å². The molecule has 8 heteroatoms. The van der Waals surface area contributed by atoms with Crippen molar-refractivity contribution >= 4 is 11.9 Å². The number of alkyl halides is 3. The van der Waals surface area contributed by atoms with E-state index in [0.717, 1.165) is 0 Å². The number of hydrogen-bond acceptors (Lipinski definition) is 3. The quantitative estimate of drug-likeness (QED) is 0.792. The fraction of sp³-hybridized carbons (Fsp3) is 0.800. The number of nitrogens with zero attached hydrogens (tertiary/aromatic N) is 1. The average molecular weight is 270 g/mol. The van der Waals surface area contributed by atoms with Crippen molar-refractivity contribution in [1.29, 1.82) is 0 Å². The van der Waals surface area contributed by atoms with Crippen molar-refractivity contribution in [2.45, 2.75) is 33.0 Å². The first-order valence-electron chi connectivity index (χ1n) is 5.17. The normalized spacial score (nSPS) is 14.2. The third-order valence-electron chi connectivity index (χ3n) is 2.21. The number of rotatable bonds is 4. The van der Waals surface area contributed by atoms with E-state index in [0.29, 0.717) is 0 Å². The summed E-state index contributed by atoms with van der Waals surface area (Å²) in [6.45, 7) is 2.11. The highest BCUT2D eigenvalue weighted by molar-refractivity contribution is 5.85. The lowest BCUT2D eigenvalue weighted by Crippen LogP contribution is -2.53. The molecule has 3 N–H and O–H groups in total. The predicted molar refractivity (Wildman–Crippen MR) is 57.7 cm³/mol. The molecular weight excluding hydrogens is 253 g/mol. The summed E-state index contributed by atoms with van der Waals surface area (Å²) in [6.07, 6.45) is -4.66. The number of halogens is 3. The molecule has 0 saturated carbocycles. The Morgan fingerprint density at radius 1 is 1.28 bits per heavy atom. The summed E-state index contributed by atoms with van der Waals surface area (Å²) < 4.78 is 36.7. The fourth-order valence-corrected chi connectivity index (χ4v) is 1.16. The minimum absolute atomic E-state index is 0.207. The maximum Gasteiger partial charge on any atom is 0.406 e. The lowest BCUT2D eigenvalue weighted by molar-refractivity contribution is -0.167. The Morgan fingerprint density at radius 3 is 2.00 bits per heavy atom. The van der Waals surface area contributed by atoms with Crippen molar-refractivity contribution in [3.8, 4) is 0 Å². The molecule has 1 atom stereocenters. The molecule has 0 aromatic rings. The highest BCUT2D eigenvalue weighted by Crippen LogP contribution is 2.22. The molecular formula is C10H17F3N2O3. The Labute approximate surface area is 103 Å². The van der Waals surface area contributed by atoms with Gasteiger partial charge in [-0.15, -0.1) is 0 Å². The van der Waals surface area contributed by atoms with Crippen LogP contribution in [0.4, 0.5) is 13.2 Å². The number of carbonyl (C=O) groups excluding carboxylic acids is 1. The molecule has 0 saturated heterocycles. The van der Waals surface area contributed by atoms with Crippen molar-refractivity contribution < 1.29 is 27.9 Å². The summed E-state index contributed by atoms with van der Waals surface area (Å²) in [4.78, 5) is 22.4. The van der Waals surface area contributed by atoms with E-state index in [-0.39, 0.29) is 4.90 Å². The largest absolute Gasteiger partial charge is 0.480 e. The van der Waals surface area contributed by atoms with Crippen LogP contribution in [0.25, 0.3) is 0 Å². The monoisotopic (exact) mass is 270 g/mol. The molecule has 0 fully saturated rings.